The Morgan fingerprint density at radius 3 is 2.25 bits per heavy atom. The van der Waals surface area contributed by atoms with Gasteiger partial charge in [0.25, 0.3) is 0 Å². The van der Waals surface area contributed by atoms with Gasteiger partial charge >= 0.3 is 0 Å². The Labute approximate surface area is 98.7 Å². The summed E-state index contributed by atoms with van der Waals surface area (Å²) < 4.78 is 25.0. The molecule has 1 aliphatic rings. The molecular weight excluding hydrogens is 226 g/mol. The minimum atomic E-state index is -3.26. The molecule has 0 radical (unpaired) electrons. The molecule has 1 rings (SSSR count). The second kappa shape index (κ2) is 5.02. The van der Waals surface area contributed by atoms with Crippen molar-refractivity contribution in [3.05, 3.63) is 0 Å². The van der Waals surface area contributed by atoms with E-state index >= 15 is 0 Å². The van der Waals surface area contributed by atoms with Gasteiger partial charge in [-0.05, 0) is 31.1 Å². The number of hydrogen-bond acceptors (Lipinski definition) is 3. The van der Waals surface area contributed by atoms with Gasteiger partial charge in [-0.3, -0.25) is 0 Å². The van der Waals surface area contributed by atoms with Crippen LogP contribution in [-0.4, -0.2) is 43.3 Å². The molecule has 1 aliphatic carbocycles. The number of aliphatic hydroxyl groups is 1. The molecule has 1 N–H and O–H groups in total. The van der Waals surface area contributed by atoms with E-state index in [1.54, 1.807) is 7.05 Å². The number of hydrogen-bond donors (Lipinski definition) is 1. The summed E-state index contributed by atoms with van der Waals surface area (Å²) in [6.07, 6.45) is 3.98. The van der Waals surface area contributed by atoms with Crippen LogP contribution in [-0.2, 0) is 10.0 Å². The van der Waals surface area contributed by atoms with Crippen molar-refractivity contribution in [1.82, 2.24) is 4.31 Å². The lowest BCUT2D eigenvalue weighted by atomic mass is 9.76. The van der Waals surface area contributed by atoms with Gasteiger partial charge in [-0.2, -0.15) is 0 Å². The van der Waals surface area contributed by atoms with Crippen molar-refractivity contribution < 1.29 is 13.5 Å². The molecule has 0 saturated heterocycles. The zero-order valence-electron chi connectivity index (χ0n) is 10.4. The van der Waals surface area contributed by atoms with Crippen molar-refractivity contribution in [3.63, 3.8) is 0 Å². The molecule has 0 aromatic rings. The first kappa shape index (κ1) is 13.9. The summed E-state index contributed by atoms with van der Waals surface area (Å²) in [6, 6.07) is 0.115. The lowest BCUT2D eigenvalue weighted by Gasteiger charge is -2.37. The van der Waals surface area contributed by atoms with Gasteiger partial charge in [0.2, 0.25) is 10.0 Å². The van der Waals surface area contributed by atoms with E-state index in [9.17, 15) is 8.42 Å². The molecule has 4 nitrogen and oxygen atoms in total. The molecule has 0 aromatic carbocycles. The van der Waals surface area contributed by atoms with Crippen LogP contribution in [0, 0.1) is 5.41 Å². The van der Waals surface area contributed by atoms with Gasteiger partial charge < -0.3 is 5.11 Å². The molecule has 1 fully saturated rings. The third kappa shape index (κ3) is 3.43. The van der Waals surface area contributed by atoms with Gasteiger partial charge in [0.05, 0.1) is 12.4 Å². The molecule has 0 bridgehead atoms. The molecule has 0 heterocycles. The third-order valence-corrected chi connectivity index (χ3v) is 5.49. The van der Waals surface area contributed by atoms with E-state index in [0.717, 1.165) is 25.7 Å². The highest BCUT2D eigenvalue weighted by Crippen LogP contribution is 2.37. The van der Waals surface area contributed by atoms with Crippen molar-refractivity contribution in [3.8, 4) is 0 Å². The summed E-state index contributed by atoms with van der Waals surface area (Å²) in [5, 5.41) is 8.73. The normalized spacial score (nSPS) is 22.6. The first-order valence-electron chi connectivity index (χ1n) is 5.85. The van der Waals surface area contributed by atoms with Gasteiger partial charge in [-0.25, -0.2) is 12.7 Å². The highest BCUT2D eigenvalue weighted by atomic mass is 32.2. The monoisotopic (exact) mass is 249 g/mol. The Kier molecular flexibility index (Phi) is 4.37. The van der Waals surface area contributed by atoms with Gasteiger partial charge in [0.15, 0.2) is 0 Å². The summed E-state index contributed by atoms with van der Waals surface area (Å²) in [4.78, 5) is 0. The maximum atomic E-state index is 11.8. The van der Waals surface area contributed by atoms with Crippen LogP contribution in [0.15, 0.2) is 0 Å². The van der Waals surface area contributed by atoms with Crippen LogP contribution in [0.1, 0.15) is 39.5 Å². The predicted molar refractivity (Wildman–Crippen MR) is 64.7 cm³/mol. The largest absolute Gasteiger partial charge is 0.395 e. The Balaban J connectivity index is 2.60. The van der Waals surface area contributed by atoms with E-state index < -0.39 is 10.0 Å². The van der Waals surface area contributed by atoms with E-state index in [2.05, 4.69) is 13.8 Å². The van der Waals surface area contributed by atoms with Gasteiger partial charge in [0.1, 0.15) is 0 Å². The van der Waals surface area contributed by atoms with Gasteiger partial charge in [-0.15, -0.1) is 0 Å². The first-order chi connectivity index (χ1) is 7.28. The van der Waals surface area contributed by atoms with E-state index in [4.69, 9.17) is 5.11 Å². The Hall–Kier alpha value is -0.130. The molecule has 0 aliphatic heterocycles. The van der Waals surface area contributed by atoms with E-state index in [-0.39, 0.29) is 18.4 Å². The van der Waals surface area contributed by atoms with Crippen LogP contribution < -0.4 is 0 Å². The number of aliphatic hydroxyl groups excluding tert-OH is 1. The van der Waals surface area contributed by atoms with Crippen LogP contribution in [0.4, 0.5) is 0 Å². The van der Waals surface area contributed by atoms with Crippen LogP contribution in [0.2, 0.25) is 0 Å². The predicted octanol–water partition coefficient (Wildman–Crippen LogP) is 1.21. The van der Waals surface area contributed by atoms with Gasteiger partial charge in [-0.1, -0.05) is 13.8 Å². The lowest BCUT2D eigenvalue weighted by Crippen LogP contribution is -2.42. The van der Waals surface area contributed by atoms with Crippen LogP contribution >= 0.6 is 0 Å². The maximum Gasteiger partial charge on any atom is 0.216 e. The lowest BCUT2D eigenvalue weighted by molar-refractivity contribution is 0.173. The van der Waals surface area contributed by atoms with E-state index in [1.165, 1.54) is 4.31 Å². The van der Waals surface area contributed by atoms with Crippen molar-refractivity contribution in [2.45, 2.75) is 45.6 Å². The second-order valence-corrected chi connectivity index (χ2v) is 7.60. The summed E-state index contributed by atoms with van der Waals surface area (Å²) in [5.41, 5.74) is 0.345. The number of nitrogens with zero attached hydrogens (tertiary/aromatic N) is 1. The van der Waals surface area contributed by atoms with Gasteiger partial charge in [0, 0.05) is 13.1 Å². The second-order valence-electron chi connectivity index (χ2n) is 5.45. The SMILES string of the molecule is CN(C1CCC(C)(C)CC1)S(=O)(=O)CCO. The molecule has 1 saturated carbocycles. The van der Waals surface area contributed by atoms with Crippen molar-refractivity contribution in [1.29, 1.82) is 0 Å². The summed E-state index contributed by atoms with van der Waals surface area (Å²) in [5.74, 6) is -0.163. The molecule has 0 amide bonds. The minimum absolute atomic E-state index is 0.115. The van der Waals surface area contributed by atoms with Crippen molar-refractivity contribution >= 4 is 10.0 Å². The quantitative estimate of drug-likeness (QED) is 0.814. The number of sulfonamides is 1. The zero-order valence-corrected chi connectivity index (χ0v) is 11.3. The van der Waals surface area contributed by atoms with E-state index in [0.29, 0.717) is 5.41 Å². The van der Waals surface area contributed by atoms with Crippen molar-refractivity contribution in [2.24, 2.45) is 5.41 Å². The highest BCUT2D eigenvalue weighted by Gasteiger charge is 2.32. The highest BCUT2D eigenvalue weighted by molar-refractivity contribution is 7.89. The molecule has 16 heavy (non-hydrogen) atoms. The molecule has 0 atom stereocenters. The molecule has 96 valence electrons. The smallest absolute Gasteiger partial charge is 0.216 e. The fourth-order valence-electron chi connectivity index (χ4n) is 2.23. The molecule has 0 aromatic heterocycles. The standard InChI is InChI=1S/C11H23NO3S/c1-11(2)6-4-10(5-7-11)12(3)16(14,15)9-8-13/h10,13H,4-9H2,1-3H3. The Morgan fingerprint density at radius 2 is 1.81 bits per heavy atom. The van der Waals surface area contributed by atoms with E-state index in [1.807, 2.05) is 0 Å². The Bertz CT molecular complexity index is 314. The topological polar surface area (TPSA) is 57.6 Å². The summed E-state index contributed by atoms with van der Waals surface area (Å²) >= 11 is 0. The fourth-order valence-corrected chi connectivity index (χ4v) is 3.42. The molecule has 5 heteroatoms. The first-order valence-corrected chi connectivity index (χ1v) is 7.46. The maximum absolute atomic E-state index is 11.8. The van der Waals surface area contributed by atoms with Crippen molar-refractivity contribution in [2.75, 3.05) is 19.4 Å². The fraction of sp³-hybridized carbons (Fsp3) is 1.00. The zero-order chi connectivity index (χ0) is 12.4. The van der Waals surface area contributed by atoms with Crippen LogP contribution in [0.3, 0.4) is 0 Å². The summed E-state index contributed by atoms with van der Waals surface area (Å²) in [6.45, 7) is 4.15. The third-order valence-electron chi connectivity index (χ3n) is 3.61. The average molecular weight is 249 g/mol. The summed E-state index contributed by atoms with van der Waals surface area (Å²) in [7, 11) is -1.63. The van der Waals surface area contributed by atoms with Crippen LogP contribution in [0.5, 0.6) is 0 Å². The number of rotatable bonds is 4. The average Bonchev–Trinajstić information content (AvgIpc) is 2.16. The Morgan fingerprint density at radius 1 is 1.31 bits per heavy atom. The minimum Gasteiger partial charge on any atom is -0.395 e. The molecule has 0 unspecified atom stereocenters. The molecule has 0 spiro atoms. The molecular formula is C11H23NO3S. The van der Waals surface area contributed by atoms with Crippen LogP contribution in [0.25, 0.3) is 0 Å².